The van der Waals surface area contributed by atoms with Gasteiger partial charge in [-0.1, -0.05) is 0 Å². The summed E-state index contributed by atoms with van der Waals surface area (Å²) in [6.07, 6.45) is 6.62. The molecular formula is C30H37N3O5S2. The first-order valence-corrected chi connectivity index (χ1v) is 16.1. The normalized spacial score (nSPS) is 24.8. The number of H-pyrrole nitrogens is 1. The maximum Gasteiger partial charge on any atom is 0.254 e. The molecule has 3 aliphatic rings. The zero-order chi connectivity index (χ0) is 28.2. The average molecular weight is 584 g/mol. The Bertz CT molecular complexity index is 1500. The Morgan fingerprint density at radius 3 is 2.65 bits per heavy atom. The highest BCUT2D eigenvalue weighted by molar-refractivity contribution is 7.98. The number of rotatable bonds is 7. The Morgan fingerprint density at radius 1 is 1.23 bits per heavy atom. The predicted octanol–water partition coefficient (Wildman–Crippen LogP) is 5.24. The molecule has 2 aliphatic heterocycles. The van der Waals surface area contributed by atoms with Crippen LogP contribution in [0.5, 0.6) is 11.5 Å². The summed E-state index contributed by atoms with van der Waals surface area (Å²) >= 11 is 3.02. The van der Waals surface area contributed by atoms with Crippen molar-refractivity contribution < 1.29 is 19.0 Å². The van der Waals surface area contributed by atoms with Crippen molar-refractivity contribution >= 4 is 39.1 Å². The lowest BCUT2D eigenvalue weighted by molar-refractivity contribution is -0.129. The number of fused-ring (bicyclic) bond motifs is 3. The van der Waals surface area contributed by atoms with Crippen LogP contribution in [0.1, 0.15) is 59.8 Å². The molecule has 1 saturated heterocycles. The van der Waals surface area contributed by atoms with Gasteiger partial charge in [0.15, 0.2) is 11.5 Å². The maximum atomic E-state index is 13.6. The average Bonchev–Trinajstić information content (AvgIpc) is 3.53. The van der Waals surface area contributed by atoms with Gasteiger partial charge in [-0.2, -0.15) is 0 Å². The van der Waals surface area contributed by atoms with Crippen LogP contribution in [0.3, 0.4) is 0 Å². The minimum atomic E-state index is -0.769. The van der Waals surface area contributed by atoms with Crippen molar-refractivity contribution in [1.82, 2.24) is 15.2 Å². The number of hydrogen-bond donors (Lipinski definition) is 2. The third kappa shape index (κ3) is 4.72. The van der Waals surface area contributed by atoms with Gasteiger partial charge in [0.2, 0.25) is 0 Å². The molecule has 40 heavy (non-hydrogen) atoms. The molecule has 2 N–H and O–H groups in total. The Morgan fingerprint density at radius 2 is 1.95 bits per heavy atom. The van der Waals surface area contributed by atoms with Crippen LogP contribution in [0.4, 0.5) is 0 Å². The first-order valence-electron chi connectivity index (χ1n) is 14.0. The maximum absolute atomic E-state index is 13.6. The number of thioether (sulfide) groups is 1. The van der Waals surface area contributed by atoms with E-state index in [1.807, 2.05) is 44.5 Å². The molecule has 2 fully saturated rings. The van der Waals surface area contributed by atoms with Crippen LogP contribution in [0, 0.1) is 19.8 Å². The number of amides is 1. The van der Waals surface area contributed by atoms with E-state index in [-0.39, 0.29) is 23.9 Å². The van der Waals surface area contributed by atoms with E-state index in [9.17, 15) is 9.59 Å². The van der Waals surface area contributed by atoms with Crippen molar-refractivity contribution in [3.63, 3.8) is 0 Å². The fourth-order valence-corrected chi connectivity index (χ4v) is 8.22. The van der Waals surface area contributed by atoms with E-state index in [4.69, 9.17) is 14.2 Å². The highest BCUT2D eigenvalue weighted by atomic mass is 32.2. The number of ether oxygens (including phenoxy) is 3. The summed E-state index contributed by atoms with van der Waals surface area (Å²) in [6.45, 7) is 8.04. The molecule has 2 aromatic heterocycles. The van der Waals surface area contributed by atoms with Crippen LogP contribution in [0.2, 0.25) is 0 Å². The quantitative estimate of drug-likeness (QED) is 0.368. The molecule has 0 bridgehead atoms. The molecule has 0 unspecified atom stereocenters. The molecule has 10 heteroatoms. The summed E-state index contributed by atoms with van der Waals surface area (Å²) in [5, 5.41) is 5.90. The molecule has 1 aliphatic carbocycles. The molecule has 6 rings (SSSR count). The molecule has 1 amide bonds. The van der Waals surface area contributed by atoms with Crippen molar-refractivity contribution in [2.45, 2.75) is 75.8 Å². The van der Waals surface area contributed by atoms with Crippen LogP contribution >= 0.6 is 23.1 Å². The van der Waals surface area contributed by atoms with E-state index in [2.05, 4.69) is 15.2 Å². The first-order chi connectivity index (χ1) is 19.2. The summed E-state index contributed by atoms with van der Waals surface area (Å²) in [7, 11) is 1.79. The van der Waals surface area contributed by atoms with Crippen LogP contribution in [0.15, 0.2) is 27.2 Å². The molecular weight excluding hydrogens is 546 g/mol. The molecule has 4 heterocycles. The Balaban J connectivity index is 1.21. The number of aryl methyl sites for hydroxylation is 1. The van der Waals surface area contributed by atoms with Crippen LogP contribution in [-0.2, 0) is 11.3 Å². The Hall–Kier alpha value is -2.53. The third-order valence-electron chi connectivity index (χ3n) is 8.93. The van der Waals surface area contributed by atoms with Crippen LogP contribution in [0.25, 0.3) is 10.1 Å². The van der Waals surface area contributed by atoms with Crippen molar-refractivity contribution in [3.05, 3.63) is 50.3 Å². The van der Waals surface area contributed by atoms with Gasteiger partial charge in [-0.05, 0) is 63.3 Å². The molecule has 1 atom stereocenters. The number of aromatic nitrogens is 1. The van der Waals surface area contributed by atoms with Gasteiger partial charge in [0.25, 0.3) is 17.3 Å². The van der Waals surface area contributed by atoms with E-state index in [1.54, 1.807) is 7.11 Å². The highest BCUT2D eigenvalue weighted by Gasteiger charge is 2.48. The fourth-order valence-electron chi connectivity index (χ4n) is 6.52. The minimum Gasteiger partial charge on any atom is -0.448 e. The number of carbonyl (C=O) groups excluding carboxylic acids is 1. The van der Waals surface area contributed by atoms with Crippen molar-refractivity contribution in [2.75, 3.05) is 26.5 Å². The SMILES string of the molecule is COC1CN(C2CCC([C@@]3(C)Oc4c(C)c(C(=O)NCc5c(SC)cc(C)[nH]c5=O)c5sccc5c4O3)CC2)C1. The zero-order valence-corrected chi connectivity index (χ0v) is 25.4. The van der Waals surface area contributed by atoms with Gasteiger partial charge >= 0.3 is 0 Å². The van der Waals surface area contributed by atoms with E-state index in [0.29, 0.717) is 29.0 Å². The first kappa shape index (κ1) is 27.6. The number of nitrogens with one attached hydrogen (secondary N) is 2. The smallest absolute Gasteiger partial charge is 0.254 e. The second kappa shape index (κ2) is 10.7. The van der Waals surface area contributed by atoms with Gasteiger partial charge in [0, 0.05) is 72.7 Å². The largest absolute Gasteiger partial charge is 0.448 e. The summed E-state index contributed by atoms with van der Waals surface area (Å²) in [6, 6.07) is 4.54. The topological polar surface area (TPSA) is 92.9 Å². The lowest BCUT2D eigenvalue weighted by Crippen LogP contribution is -2.57. The summed E-state index contributed by atoms with van der Waals surface area (Å²) in [5.74, 6) is 0.666. The van der Waals surface area contributed by atoms with E-state index < -0.39 is 5.79 Å². The molecule has 0 spiro atoms. The molecule has 8 nitrogen and oxygen atoms in total. The lowest BCUT2D eigenvalue weighted by Gasteiger charge is -2.47. The number of methoxy groups -OCH3 is 1. The van der Waals surface area contributed by atoms with Gasteiger partial charge in [0.05, 0.1) is 16.4 Å². The van der Waals surface area contributed by atoms with Gasteiger partial charge in [-0.15, -0.1) is 23.1 Å². The molecule has 214 valence electrons. The lowest BCUT2D eigenvalue weighted by atomic mass is 9.80. The summed E-state index contributed by atoms with van der Waals surface area (Å²) < 4.78 is 19.6. The number of aromatic amines is 1. The number of likely N-dealkylation sites (tertiary alicyclic amines) is 1. The van der Waals surface area contributed by atoms with Crippen molar-refractivity contribution in [1.29, 1.82) is 0 Å². The number of nitrogens with zero attached hydrogens (tertiary/aromatic N) is 1. The van der Waals surface area contributed by atoms with Crippen LogP contribution < -0.4 is 20.3 Å². The van der Waals surface area contributed by atoms with E-state index in [0.717, 1.165) is 70.8 Å². The highest BCUT2D eigenvalue weighted by Crippen LogP contribution is 2.53. The third-order valence-corrected chi connectivity index (χ3v) is 10.7. The number of pyridine rings is 1. The van der Waals surface area contributed by atoms with Gasteiger partial charge in [-0.3, -0.25) is 14.5 Å². The molecule has 0 radical (unpaired) electrons. The standard InChI is InChI=1S/C30H37N3O5S2/c1-16-12-23(39-5)22(28(34)32-16)13-31-29(35)24-17(2)25-26(21-10-11-40-27(21)24)38-30(3,37-25)18-6-8-19(9-7-18)33-14-20(15-33)36-4/h10-12,18-20H,6-9,13-15H2,1-5H3,(H,31,35)(H,32,34)/t18?,19?,30-/m0/s1. The number of hydrogen-bond acceptors (Lipinski definition) is 8. The van der Waals surface area contributed by atoms with Crippen LogP contribution in [-0.4, -0.2) is 60.2 Å². The van der Waals surface area contributed by atoms with E-state index in [1.165, 1.54) is 23.1 Å². The molecule has 1 saturated carbocycles. The number of carbonyl (C=O) groups is 1. The summed E-state index contributed by atoms with van der Waals surface area (Å²) in [4.78, 5) is 32.5. The number of benzene rings is 1. The second-order valence-corrected chi connectivity index (χ2v) is 13.1. The summed E-state index contributed by atoms with van der Waals surface area (Å²) in [5.41, 5.74) is 2.54. The zero-order valence-electron chi connectivity index (χ0n) is 23.7. The van der Waals surface area contributed by atoms with Crippen molar-refractivity contribution in [2.24, 2.45) is 5.92 Å². The molecule has 1 aromatic carbocycles. The van der Waals surface area contributed by atoms with Gasteiger partial charge < -0.3 is 24.5 Å². The van der Waals surface area contributed by atoms with Crippen molar-refractivity contribution in [3.8, 4) is 11.5 Å². The monoisotopic (exact) mass is 583 g/mol. The second-order valence-electron chi connectivity index (χ2n) is 11.4. The van der Waals surface area contributed by atoms with Gasteiger partial charge in [0.1, 0.15) is 0 Å². The Labute approximate surface area is 242 Å². The molecule has 3 aromatic rings. The fraction of sp³-hybridized carbons (Fsp3) is 0.533. The minimum absolute atomic E-state index is 0.147. The number of thiophene rings is 1. The van der Waals surface area contributed by atoms with Gasteiger partial charge in [-0.25, -0.2) is 0 Å². The van der Waals surface area contributed by atoms with E-state index >= 15 is 0 Å². The predicted molar refractivity (Wildman–Crippen MR) is 159 cm³/mol. The Kier molecular flexibility index (Phi) is 7.39.